The quantitative estimate of drug-likeness (QED) is 0.826. The Balaban J connectivity index is 1.99. The van der Waals surface area contributed by atoms with Crippen molar-refractivity contribution >= 4 is 5.82 Å². The fraction of sp³-hybridized carbons (Fsp3) is 0.750. The van der Waals surface area contributed by atoms with Crippen molar-refractivity contribution < 1.29 is 0 Å². The van der Waals surface area contributed by atoms with Crippen molar-refractivity contribution in [2.45, 2.75) is 38.6 Å². The monoisotopic (exact) mass is 222 g/mol. The van der Waals surface area contributed by atoms with E-state index in [0.717, 1.165) is 5.82 Å². The molecule has 1 aromatic heterocycles. The van der Waals surface area contributed by atoms with E-state index in [0.29, 0.717) is 12.0 Å². The number of nitrogens with zero attached hydrogens (tertiary/aromatic N) is 3. The lowest BCUT2D eigenvalue weighted by molar-refractivity contribution is 0.170. The molecule has 1 saturated heterocycles. The molecule has 0 amide bonds. The van der Waals surface area contributed by atoms with Crippen molar-refractivity contribution in [1.29, 1.82) is 0 Å². The summed E-state index contributed by atoms with van der Waals surface area (Å²) in [7, 11) is 1.90. The summed E-state index contributed by atoms with van der Waals surface area (Å²) in [6.45, 7) is 6.88. The zero-order chi connectivity index (χ0) is 11.7. The third kappa shape index (κ3) is 2.21. The number of hydrogen-bond acceptors (Lipinski definition) is 3. The normalized spacial score (nSPS) is 19.5. The first-order chi connectivity index (χ1) is 7.58. The Kier molecular flexibility index (Phi) is 3.19. The van der Waals surface area contributed by atoms with Gasteiger partial charge in [0.15, 0.2) is 0 Å². The van der Waals surface area contributed by atoms with Gasteiger partial charge in [-0.25, -0.2) is 0 Å². The molecule has 0 bridgehead atoms. The summed E-state index contributed by atoms with van der Waals surface area (Å²) in [6.07, 6.45) is 2.41. The first kappa shape index (κ1) is 11.5. The highest BCUT2D eigenvalue weighted by molar-refractivity contribution is 5.32. The second-order valence-corrected chi connectivity index (χ2v) is 5.02. The number of rotatable bonds is 2. The van der Waals surface area contributed by atoms with Crippen LogP contribution in [0, 0.1) is 0 Å². The summed E-state index contributed by atoms with van der Waals surface area (Å²) in [5, 5.41) is 4.48. The van der Waals surface area contributed by atoms with E-state index in [1.807, 2.05) is 13.1 Å². The topological polar surface area (TPSA) is 47.1 Å². The summed E-state index contributed by atoms with van der Waals surface area (Å²) >= 11 is 0. The van der Waals surface area contributed by atoms with Crippen molar-refractivity contribution in [1.82, 2.24) is 14.7 Å². The van der Waals surface area contributed by atoms with Crippen LogP contribution in [0.2, 0.25) is 0 Å². The largest absolute Gasteiger partial charge is 0.384 e. The fourth-order valence-electron chi connectivity index (χ4n) is 2.42. The molecule has 1 fully saturated rings. The molecule has 90 valence electrons. The molecule has 16 heavy (non-hydrogen) atoms. The van der Waals surface area contributed by atoms with E-state index < -0.39 is 0 Å². The van der Waals surface area contributed by atoms with Crippen molar-refractivity contribution in [2.24, 2.45) is 7.05 Å². The van der Waals surface area contributed by atoms with Gasteiger partial charge in [0.1, 0.15) is 5.82 Å². The van der Waals surface area contributed by atoms with Gasteiger partial charge in [-0.2, -0.15) is 5.10 Å². The molecule has 1 aromatic rings. The Labute approximate surface area is 97.4 Å². The SMILES string of the molecule is CC(C)N1CCC(c2cc(N)n(C)n2)CC1. The second kappa shape index (κ2) is 4.45. The minimum atomic E-state index is 0.596. The predicted octanol–water partition coefficient (Wildman–Crippen LogP) is 1.59. The van der Waals surface area contributed by atoms with Crippen LogP contribution in [-0.4, -0.2) is 33.8 Å². The summed E-state index contributed by atoms with van der Waals surface area (Å²) < 4.78 is 1.77. The molecule has 0 saturated carbocycles. The minimum absolute atomic E-state index is 0.596. The predicted molar refractivity (Wildman–Crippen MR) is 66.3 cm³/mol. The van der Waals surface area contributed by atoms with Crippen LogP contribution < -0.4 is 5.73 Å². The molecule has 4 nitrogen and oxygen atoms in total. The van der Waals surface area contributed by atoms with E-state index in [2.05, 4.69) is 23.8 Å². The molecular weight excluding hydrogens is 200 g/mol. The molecule has 1 aliphatic rings. The van der Waals surface area contributed by atoms with Gasteiger partial charge in [-0.1, -0.05) is 0 Å². The molecule has 4 heteroatoms. The molecule has 2 N–H and O–H groups in total. The first-order valence-electron chi connectivity index (χ1n) is 6.11. The molecule has 0 radical (unpaired) electrons. The number of hydrogen-bond donors (Lipinski definition) is 1. The highest BCUT2D eigenvalue weighted by Crippen LogP contribution is 2.28. The first-order valence-corrected chi connectivity index (χ1v) is 6.11. The average Bonchev–Trinajstić information content (AvgIpc) is 2.59. The van der Waals surface area contributed by atoms with Crippen molar-refractivity contribution in [3.05, 3.63) is 11.8 Å². The third-order valence-electron chi connectivity index (χ3n) is 3.61. The van der Waals surface area contributed by atoms with Crippen LogP contribution in [0.3, 0.4) is 0 Å². The van der Waals surface area contributed by atoms with Gasteiger partial charge in [0.25, 0.3) is 0 Å². The van der Waals surface area contributed by atoms with E-state index in [9.17, 15) is 0 Å². The maximum absolute atomic E-state index is 5.81. The summed E-state index contributed by atoms with van der Waals surface area (Å²) in [5.41, 5.74) is 6.98. The van der Waals surface area contributed by atoms with Crippen LogP contribution in [0.1, 0.15) is 38.3 Å². The van der Waals surface area contributed by atoms with E-state index in [4.69, 9.17) is 5.73 Å². The third-order valence-corrected chi connectivity index (χ3v) is 3.61. The molecule has 0 atom stereocenters. The van der Waals surface area contributed by atoms with Gasteiger partial charge in [0.2, 0.25) is 0 Å². The molecule has 1 aliphatic heterocycles. The maximum Gasteiger partial charge on any atom is 0.121 e. The van der Waals surface area contributed by atoms with E-state index in [-0.39, 0.29) is 0 Å². The number of anilines is 1. The van der Waals surface area contributed by atoms with Crippen molar-refractivity contribution in [3.63, 3.8) is 0 Å². The van der Waals surface area contributed by atoms with Crippen LogP contribution >= 0.6 is 0 Å². The Morgan fingerprint density at radius 2 is 2.00 bits per heavy atom. The number of aromatic nitrogens is 2. The van der Waals surface area contributed by atoms with Crippen molar-refractivity contribution in [3.8, 4) is 0 Å². The Morgan fingerprint density at radius 3 is 2.44 bits per heavy atom. The zero-order valence-corrected chi connectivity index (χ0v) is 10.5. The Morgan fingerprint density at radius 1 is 1.38 bits per heavy atom. The lowest BCUT2D eigenvalue weighted by Crippen LogP contribution is -2.37. The number of nitrogen functional groups attached to an aromatic ring is 1. The lowest BCUT2D eigenvalue weighted by Gasteiger charge is -2.33. The van der Waals surface area contributed by atoms with Gasteiger partial charge in [0.05, 0.1) is 5.69 Å². The van der Waals surface area contributed by atoms with Gasteiger partial charge in [-0.05, 0) is 39.8 Å². The number of aryl methyl sites for hydroxylation is 1. The number of piperidine rings is 1. The molecular formula is C12H22N4. The standard InChI is InChI=1S/C12H22N4/c1-9(2)16-6-4-10(5-7-16)11-8-12(13)15(3)14-11/h8-10H,4-7,13H2,1-3H3. The zero-order valence-electron chi connectivity index (χ0n) is 10.5. The molecule has 2 heterocycles. The smallest absolute Gasteiger partial charge is 0.121 e. The number of likely N-dealkylation sites (tertiary alicyclic amines) is 1. The molecule has 2 rings (SSSR count). The van der Waals surface area contributed by atoms with Gasteiger partial charge in [-0.15, -0.1) is 0 Å². The van der Waals surface area contributed by atoms with Crippen LogP contribution in [0.4, 0.5) is 5.82 Å². The van der Waals surface area contributed by atoms with Crippen LogP contribution in [0.5, 0.6) is 0 Å². The molecule has 0 unspecified atom stereocenters. The van der Waals surface area contributed by atoms with E-state index >= 15 is 0 Å². The van der Waals surface area contributed by atoms with E-state index in [1.54, 1.807) is 4.68 Å². The fourth-order valence-corrected chi connectivity index (χ4v) is 2.42. The number of nitrogens with two attached hydrogens (primary N) is 1. The second-order valence-electron chi connectivity index (χ2n) is 5.02. The van der Waals surface area contributed by atoms with E-state index in [1.165, 1.54) is 31.6 Å². The van der Waals surface area contributed by atoms with Crippen LogP contribution in [0.25, 0.3) is 0 Å². The highest BCUT2D eigenvalue weighted by Gasteiger charge is 2.23. The van der Waals surface area contributed by atoms with Crippen LogP contribution in [0.15, 0.2) is 6.07 Å². The lowest BCUT2D eigenvalue weighted by atomic mass is 9.93. The Bertz CT molecular complexity index is 328. The van der Waals surface area contributed by atoms with Crippen LogP contribution in [-0.2, 0) is 7.05 Å². The molecule has 0 aromatic carbocycles. The van der Waals surface area contributed by atoms with Gasteiger partial charge >= 0.3 is 0 Å². The molecule has 0 aliphatic carbocycles. The summed E-state index contributed by atoms with van der Waals surface area (Å²) in [4.78, 5) is 2.53. The Hall–Kier alpha value is -1.03. The van der Waals surface area contributed by atoms with Crippen molar-refractivity contribution in [2.75, 3.05) is 18.8 Å². The molecule has 0 spiro atoms. The van der Waals surface area contributed by atoms with Gasteiger partial charge < -0.3 is 10.6 Å². The maximum atomic E-state index is 5.81. The average molecular weight is 222 g/mol. The summed E-state index contributed by atoms with van der Waals surface area (Å²) in [5.74, 6) is 1.36. The highest BCUT2D eigenvalue weighted by atomic mass is 15.3. The minimum Gasteiger partial charge on any atom is -0.384 e. The van der Waals surface area contributed by atoms with Gasteiger partial charge in [0, 0.05) is 25.1 Å². The summed E-state index contributed by atoms with van der Waals surface area (Å²) in [6, 6.07) is 2.69. The van der Waals surface area contributed by atoms with Gasteiger partial charge in [-0.3, -0.25) is 4.68 Å².